The second-order valence-electron chi connectivity index (χ2n) is 16.4. The first-order valence-corrected chi connectivity index (χ1v) is 21.6. The normalized spacial score (nSPS) is 11.8. The Morgan fingerprint density at radius 2 is 0.844 bits per heavy atom. The van der Waals surface area contributed by atoms with E-state index in [1.165, 1.54) is 49.0 Å². The van der Waals surface area contributed by atoms with E-state index in [0.29, 0.717) is 17.5 Å². The topological polar surface area (TPSA) is 56.7 Å². The van der Waals surface area contributed by atoms with Gasteiger partial charge >= 0.3 is 0 Å². The molecule has 0 bridgehead atoms. The van der Waals surface area contributed by atoms with E-state index >= 15 is 0 Å². The number of para-hydroxylation sites is 1. The third-order valence-corrected chi connectivity index (χ3v) is 12.6. The van der Waals surface area contributed by atoms with E-state index in [4.69, 9.17) is 19.4 Å². The van der Waals surface area contributed by atoms with Crippen molar-refractivity contribution < 1.29 is 4.42 Å². The zero-order chi connectivity index (χ0) is 42.1. The second-order valence-corrected chi connectivity index (χ2v) is 16.4. The van der Waals surface area contributed by atoms with Gasteiger partial charge in [-0.2, -0.15) is 0 Å². The van der Waals surface area contributed by atoms with Crippen molar-refractivity contribution in [2.45, 2.75) is 0 Å². The molecule has 5 nitrogen and oxygen atoms in total. The van der Waals surface area contributed by atoms with Crippen molar-refractivity contribution in [1.29, 1.82) is 0 Å². The molecule has 0 radical (unpaired) electrons. The van der Waals surface area contributed by atoms with Crippen LogP contribution in [0.1, 0.15) is 0 Å². The Morgan fingerprint density at radius 1 is 0.297 bits per heavy atom. The number of benzene rings is 10. The van der Waals surface area contributed by atoms with Crippen molar-refractivity contribution >= 4 is 65.3 Å². The minimum atomic E-state index is 0.613. The molecule has 0 fully saturated rings. The SMILES string of the molecule is c1ccc(-c2nc(-c3ccccc3)nc(-c3ccc4oc5cc(-c6ccc7c(c6)c6ccccc6n7-c6ccc(-c7cc8ccccc8c8ccccc78)cc6)ccc5c4c3)n2)cc1. The molecule has 0 amide bonds. The molecule has 0 unspecified atom stereocenters. The Bertz CT molecular complexity index is 3890. The van der Waals surface area contributed by atoms with Crippen LogP contribution in [0.3, 0.4) is 0 Å². The molecule has 0 atom stereocenters. The summed E-state index contributed by atoms with van der Waals surface area (Å²) >= 11 is 0. The molecule has 0 aliphatic carbocycles. The first kappa shape index (κ1) is 36.0. The summed E-state index contributed by atoms with van der Waals surface area (Å²) in [7, 11) is 0. The summed E-state index contributed by atoms with van der Waals surface area (Å²) in [6.45, 7) is 0. The monoisotopic (exact) mass is 816 g/mol. The van der Waals surface area contributed by atoms with Gasteiger partial charge in [0.1, 0.15) is 11.2 Å². The van der Waals surface area contributed by atoms with E-state index in [0.717, 1.165) is 61.0 Å². The predicted octanol–water partition coefficient (Wildman–Crippen LogP) is 15.5. The molecule has 0 aliphatic heterocycles. The Morgan fingerprint density at radius 3 is 1.59 bits per heavy atom. The van der Waals surface area contributed by atoms with Crippen molar-refractivity contribution in [3.63, 3.8) is 0 Å². The van der Waals surface area contributed by atoms with E-state index in [1.807, 2.05) is 72.8 Å². The van der Waals surface area contributed by atoms with Gasteiger partial charge in [0.15, 0.2) is 17.5 Å². The highest BCUT2D eigenvalue weighted by Crippen LogP contribution is 2.40. The highest BCUT2D eigenvalue weighted by Gasteiger charge is 2.18. The molecule has 298 valence electrons. The van der Waals surface area contributed by atoms with Gasteiger partial charge in [-0.15, -0.1) is 0 Å². The number of nitrogens with zero attached hydrogens (tertiary/aromatic N) is 4. The number of fused-ring (bicyclic) bond motifs is 9. The standard InChI is InChI=1S/C59H36N4O/c1-3-13-38(14-4-1)57-60-58(39-15-5-2-6-16-39)62-59(61-57)43-27-32-55-52(35-43)49-30-25-41(36-56(49)64-55)40-26-31-54-51(33-40)48-21-11-12-22-53(48)63(54)44-28-23-37(24-29-44)50-34-42-17-7-8-18-45(42)46-19-9-10-20-47(46)50/h1-36H. The van der Waals surface area contributed by atoms with Gasteiger partial charge in [-0.1, -0.05) is 152 Å². The van der Waals surface area contributed by atoms with Gasteiger partial charge in [-0.05, 0) is 111 Å². The lowest BCUT2D eigenvalue weighted by Crippen LogP contribution is -2.00. The van der Waals surface area contributed by atoms with Crippen LogP contribution in [-0.2, 0) is 0 Å². The molecule has 5 heteroatoms. The van der Waals surface area contributed by atoms with Crippen LogP contribution in [0.15, 0.2) is 223 Å². The molecule has 0 saturated carbocycles. The third-order valence-electron chi connectivity index (χ3n) is 12.6. The predicted molar refractivity (Wildman–Crippen MR) is 264 cm³/mol. The van der Waals surface area contributed by atoms with Gasteiger partial charge in [0.2, 0.25) is 0 Å². The highest BCUT2D eigenvalue weighted by atomic mass is 16.3. The van der Waals surface area contributed by atoms with Crippen molar-refractivity contribution in [3.05, 3.63) is 218 Å². The van der Waals surface area contributed by atoms with E-state index in [1.54, 1.807) is 0 Å². The van der Waals surface area contributed by atoms with Crippen LogP contribution < -0.4 is 0 Å². The van der Waals surface area contributed by atoms with Crippen LogP contribution in [0, 0.1) is 0 Å². The first-order chi connectivity index (χ1) is 31.7. The second kappa shape index (κ2) is 14.5. The van der Waals surface area contributed by atoms with Gasteiger partial charge < -0.3 is 8.98 Å². The van der Waals surface area contributed by atoms with Gasteiger partial charge in [0.25, 0.3) is 0 Å². The van der Waals surface area contributed by atoms with Crippen molar-refractivity contribution in [1.82, 2.24) is 19.5 Å². The number of hydrogen-bond acceptors (Lipinski definition) is 4. The molecule has 0 saturated heterocycles. The number of furan rings is 1. The van der Waals surface area contributed by atoms with Gasteiger partial charge in [0.05, 0.1) is 11.0 Å². The van der Waals surface area contributed by atoms with E-state index < -0.39 is 0 Å². The summed E-state index contributed by atoms with van der Waals surface area (Å²) in [6.07, 6.45) is 0. The fraction of sp³-hybridized carbons (Fsp3) is 0. The Kier molecular flexibility index (Phi) is 8.15. The summed E-state index contributed by atoms with van der Waals surface area (Å²) in [4.78, 5) is 14.8. The lowest BCUT2D eigenvalue weighted by atomic mass is 9.93. The average Bonchev–Trinajstić information content (AvgIpc) is 3.91. The van der Waals surface area contributed by atoms with Crippen molar-refractivity contribution in [3.8, 4) is 62.1 Å². The largest absolute Gasteiger partial charge is 0.456 e. The van der Waals surface area contributed by atoms with Crippen LogP contribution >= 0.6 is 0 Å². The van der Waals surface area contributed by atoms with Crippen LogP contribution in [0.2, 0.25) is 0 Å². The molecule has 0 spiro atoms. The maximum atomic E-state index is 6.54. The number of aromatic nitrogens is 4. The van der Waals surface area contributed by atoms with Crippen molar-refractivity contribution in [2.75, 3.05) is 0 Å². The van der Waals surface area contributed by atoms with Gasteiger partial charge in [-0.25, -0.2) is 15.0 Å². The smallest absolute Gasteiger partial charge is 0.164 e. The molecule has 3 heterocycles. The zero-order valence-corrected chi connectivity index (χ0v) is 34.5. The summed E-state index contributed by atoms with van der Waals surface area (Å²) < 4.78 is 8.92. The van der Waals surface area contributed by atoms with Crippen LogP contribution in [-0.4, -0.2) is 19.5 Å². The van der Waals surface area contributed by atoms with Crippen LogP contribution in [0.25, 0.3) is 127 Å². The maximum Gasteiger partial charge on any atom is 0.164 e. The zero-order valence-electron chi connectivity index (χ0n) is 34.5. The quantitative estimate of drug-likeness (QED) is 0.157. The molecule has 64 heavy (non-hydrogen) atoms. The molecular formula is C59H36N4O. The molecule has 3 aromatic heterocycles. The Hall–Kier alpha value is -8.67. The average molecular weight is 817 g/mol. The van der Waals surface area contributed by atoms with Crippen LogP contribution in [0.4, 0.5) is 0 Å². The van der Waals surface area contributed by atoms with Crippen molar-refractivity contribution in [2.24, 2.45) is 0 Å². The minimum absolute atomic E-state index is 0.613. The highest BCUT2D eigenvalue weighted by molar-refractivity contribution is 6.14. The number of hydrogen-bond donors (Lipinski definition) is 0. The molecule has 0 aliphatic rings. The molecular weight excluding hydrogens is 781 g/mol. The van der Waals surface area contributed by atoms with Crippen LogP contribution in [0.5, 0.6) is 0 Å². The van der Waals surface area contributed by atoms with Gasteiger partial charge in [-0.3, -0.25) is 0 Å². The lowest BCUT2D eigenvalue weighted by molar-refractivity contribution is 0.669. The maximum absolute atomic E-state index is 6.54. The molecule has 0 N–H and O–H groups in total. The lowest BCUT2D eigenvalue weighted by Gasteiger charge is -2.13. The minimum Gasteiger partial charge on any atom is -0.456 e. The molecule has 13 rings (SSSR count). The summed E-state index contributed by atoms with van der Waals surface area (Å²) in [5.41, 5.74) is 12.5. The van der Waals surface area contributed by atoms with Gasteiger partial charge in [0, 0.05) is 43.9 Å². The third kappa shape index (κ3) is 5.90. The first-order valence-electron chi connectivity index (χ1n) is 21.6. The summed E-state index contributed by atoms with van der Waals surface area (Å²) in [5.74, 6) is 1.88. The van der Waals surface area contributed by atoms with E-state index in [9.17, 15) is 0 Å². The fourth-order valence-corrected chi connectivity index (χ4v) is 9.55. The van der Waals surface area contributed by atoms with E-state index in [2.05, 4.69) is 150 Å². The Balaban J connectivity index is 0.871. The summed E-state index contributed by atoms with van der Waals surface area (Å²) in [6, 6.07) is 77.1. The fourth-order valence-electron chi connectivity index (χ4n) is 9.55. The summed E-state index contributed by atoms with van der Waals surface area (Å²) in [5, 5.41) is 9.54. The molecule has 13 aromatic rings. The van der Waals surface area contributed by atoms with E-state index in [-0.39, 0.29) is 0 Å². The molecule has 10 aromatic carbocycles. The number of rotatable bonds is 6. The Labute approximate surface area is 368 Å².